The number of hydrogen-bond donors (Lipinski definition) is 0. The second-order valence-electron chi connectivity index (χ2n) is 5.76. The summed E-state index contributed by atoms with van der Waals surface area (Å²) in [5.74, 6) is 3.76. The van der Waals surface area contributed by atoms with Crippen LogP contribution in [0.2, 0.25) is 0 Å². The summed E-state index contributed by atoms with van der Waals surface area (Å²) < 4.78 is 0. The van der Waals surface area contributed by atoms with Crippen LogP contribution in [-0.4, -0.2) is 5.78 Å². The Bertz CT molecular complexity index is 256. The molecule has 1 saturated carbocycles. The molecule has 1 heteroatoms. The van der Waals surface area contributed by atoms with E-state index in [0.717, 1.165) is 18.8 Å². The van der Waals surface area contributed by atoms with Gasteiger partial charge in [-0.05, 0) is 37.0 Å². The van der Waals surface area contributed by atoms with E-state index in [1.807, 2.05) is 0 Å². The van der Waals surface area contributed by atoms with Gasteiger partial charge in [-0.15, -0.1) is 6.42 Å². The highest BCUT2D eigenvalue weighted by atomic mass is 16.1. The van der Waals surface area contributed by atoms with Crippen molar-refractivity contribution in [1.82, 2.24) is 0 Å². The maximum atomic E-state index is 11.6. The number of ketones is 1. The third-order valence-electron chi connectivity index (χ3n) is 3.68. The first kappa shape index (κ1) is 12.3. The molecule has 0 unspecified atom stereocenters. The van der Waals surface area contributed by atoms with Crippen LogP contribution >= 0.6 is 0 Å². The second-order valence-corrected chi connectivity index (χ2v) is 5.76. The molecule has 1 fully saturated rings. The largest absolute Gasteiger partial charge is 0.298 e. The van der Waals surface area contributed by atoms with Crippen molar-refractivity contribution in [3.63, 3.8) is 0 Å². The van der Waals surface area contributed by atoms with Gasteiger partial charge in [0.25, 0.3) is 0 Å². The standard InChI is InChI=1S/C14H22O/c1-5-6-13(15)11-7-9-12(10-8-11)14(2,3)4/h1,11-12H,6-10H2,2-4H3. The molecule has 1 nitrogen and oxygen atoms in total. The van der Waals surface area contributed by atoms with Crippen LogP contribution in [0.25, 0.3) is 0 Å². The van der Waals surface area contributed by atoms with Crippen LogP contribution in [0.3, 0.4) is 0 Å². The molecule has 0 bridgehead atoms. The van der Waals surface area contributed by atoms with E-state index in [1.165, 1.54) is 12.8 Å². The molecule has 0 amide bonds. The predicted molar refractivity (Wildman–Crippen MR) is 63.4 cm³/mol. The Kier molecular flexibility index (Phi) is 3.97. The molecule has 0 aromatic carbocycles. The molecular weight excluding hydrogens is 184 g/mol. The van der Waals surface area contributed by atoms with Gasteiger partial charge >= 0.3 is 0 Å². The zero-order valence-corrected chi connectivity index (χ0v) is 10.2. The van der Waals surface area contributed by atoms with E-state index < -0.39 is 0 Å². The first-order valence-corrected chi connectivity index (χ1v) is 5.91. The molecule has 0 atom stereocenters. The minimum atomic E-state index is 0.250. The summed E-state index contributed by atoms with van der Waals surface area (Å²) in [6.45, 7) is 6.88. The van der Waals surface area contributed by atoms with Crippen LogP contribution in [0.4, 0.5) is 0 Å². The van der Waals surface area contributed by atoms with E-state index in [9.17, 15) is 4.79 Å². The quantitative estimate of drug-likeness (QED) is 0.633. The second kappa shape index (κ2) is 4.84. The number of hydrogen-bond acceptors (Lipinski definition) is 1. The predicted octanol–water partition coefficient (Wildman–Crippen LogP) is 3.43. The summed E-state index contributed by atoms with van der Waals surface area (Å²) in [7, 11) is 0. The van der Waals surface area contributed by atoms with Gasteiger partial charge in [0, 0.05) is 5.92 Å². The zero-order valence-electron chi connectivity index (χ0n) is 10.2. The lowest BCUT2D eigenvalue weighted by Gasteiger charge is -2.36. The fourth-order valence-electron chi connectivity index (χ4n) is 2.53. The Hall–Kier alpha value is -0.770. The van der Waals surface area contributed by atoms with Crippen molar-refractivity contribution in [2.75, 3.05) is 0 Å². The maximum Gasteiger partial charge on any atom is 0.147 e. The number of rotatable bonds is 2. The van der Waals surface area contributed by atoms with Gasteiger partial charge in [-0.25, -0.2) is 0 Å². The minimum Gasteiger partial charge on any atom is -0.298 e. The highest BCUT2D eigenvalue weighted by Crippen LogP contribution is 2.40. The molecule has 0 spiro atoms. The third kappa shape index (κ3) is 3.38. The van der Waals surface area contributed by atoms with Gasteiger partial charge in [0.15, 0.2) is 0 Å². The fourth-order valence-corrected chi connectivity index (χ4v) is 2.53. The van der Waals surface area contributed by atoms with Crippen LogP contribution in [0.1, 0.15) is 52.9 Å². The van der Waals surface area contributed by atoms with Crippen LogP contribution < -0.4 is 0 Å². The average Bonchev–Trinajstić information content (AvgIpc) is 2.17. The van der Waals surface area contributed by atoms with Crippen LogP contribution in [0, 0.1) is 29.6 Å². The smallest absolute Gasteiger partial charge is 0.147 e. The first-order valence-electron chi connectivity index (χ1n) is 5.91. The molecule has 15 heavy (non-hydrogen) atoms. The van der Waals surface area contributed by atoms with Crippen molar-refractivity contribution in [2.45, 2.75) is 52.9 Å². The van der Waals surface area contributed by atoms with Gasteiger partial charge in [-0.3, -0.25) is 4.79 Å². The summed E-state index contributed by atoms with van der Waals surface area (Å²) in [6.07, 6.45) is 9.94. The molecule has 1 aliphatic rings. The van der Waals surface area contributed by atoms with Gasteiger partial charge in [-0.1, -0.05) is 26.7 Å². The summed E-state index contributed by atoms with van der Waals surface area (Å²) in [5.41, 5.74) is 0.389. The van der Waals surface area contributed by atoms with Crippen molar-refractivity contribution < 1.29 is 4.79 Å². The van der Waals surface area contributed by atoms with Crippen molar-refractivity contribution in [2.24, 2.45) is 17.3 Å². The maximum absolute atomic E-state index is 11.6. The van der Waals surface area contributed by atoms with Crippen molar-refractivity contribution >= 4 is 5.78 Å². The van der Waals surface area contributed by atoms with Gasteiger partial charge < -0.3 is 0 Å². The summed E-state index contributed by atoms with van der Waals surface area (Å²) in [5, 5.41) is 0. The fraction of sp³-hybridized carbons (Fsp3) is 0.786. The van der Waals surface area contributed by atoms with Gasteiger partial charge in [0.2, 0.25) is 0 Å². The molecule has 84 valence electrons. The molecule has 0 aromatic heterocycles. The van der Waals surface area contributed by atoms with Crippen molar-refractivity contribution in [3.05, 3.63) is 0 Å². The molecule has 0 radical (unpaired) electrons. The van der Waals surface area contributed by atoms with Crippen molar-refractivity contribution in [1.29, 1.82) is 0 Å². The molecule has 0 saturated heterocycles. The molecular formula is C14H22O. The third-order valence-corrected chi connectivity index (χ3v) is 3.68. The number of Topliss-reactive ketones (excluding diaryl/α,β-unsaturated/α-hetero) is 1. The SMILES string of the molecule is C#CCC(=O)C1CCC(C(C)(C)C)CC1. The van der Waals surface area contributed by atoms with Crippen LogP contribution in [0.15, 0.2) is 0 Å². The summed E-state index contributed by atoms with van der Waals surface area (Å²) >= 11 is 0. The lowest BCUT2D eigenvalue weighted by Crippen LogP contribution is -2.28. The van der Waals surface area contributed by atoms with Crippen LogP contribution in [0.5, 0.6) is 0 Å². The molecule has 0 aliphatic heterocycles. The monoisotopic (exact) mass is 206 g/mol. The van der Waals surface area contributed by atoms with E-state index in [4.69, 9.17) is 6.42 Å². The van der Waals surface area contributed by atoms with E-state index in [1.54, 1.807) is 0 Å². The Morgan fingerprint density at radius 3 is 2.20 bits per heavy atom. The number of carbonyl (C=O) groups is 1. The Morgan fingerprint density at radius 1 is 1.27 bits per heavy atom. The highest BCUT2D eigenvalue weighted by molar-refractivity contribution is 5.83. The Labute approximate surface area is 93.6 Å². The molecule has 1 aliphatic carbocycles. The lowest BCUT2D eigenvalue weighted by atomic mass is 9.69. The van der Waals surface area contributed by atoms with E-state index in [2.05, 4.69) is 26.7 Å². The van der Waals surface area contributed by atoms with E-state index in [0.29, 0.717) is 11.8 Å². The lowest BCUT2D eigenvalue weighted by molar-refractivity contribution is -0.123. The Balaban J connectivity index is 2.43. The van der Waals surface area contributed by atoms with Crippen molar-refractivity contribution in [3.8, 4) is 12.3 Å². The van der Waals surface area contributed by atoms with E-state index >= 15 is 0 Å². The molecule has 1 rings (SSSR count). The topological polar surface area (TPSA) is 17.1 Å². The van der Waals surface area contributed by atoms with Gasteiger partial charge in [0.1, 0.15) is 5.78 Å². The van der Waals surface area contributed by atoms with Gasteiger partial charge in [0.05, 0.1) is 6.42 Å². The summed E-state index contributed by atoms with van der Waals surface area (Å²) in [6, 6.07) is 0. The number of carbonyl (C=O) groups excluding carboxylic acids is 1. The first-order chi connectivity index (χ1) is 6.95. The normalized spacial score (nSPS) is 27.1. The molecule has 0 heterocycles. The molecule has 0 aromatic rings. The Morgan fingerprint density at radius 2 is 1.80 bits per heavy atom. The highest BCUT2D eigenvalue weighted by Gasteiger charge is 2.31. The number of terminal acetylenes is 1. The zero-order chi connectivity index (χ0) is 11.5. The average molecular weight is 206 g/mol. The van der Waals surface area contributed by atoms with Crippen LogP contribution in [-0.2, 0) is 4.79 Å². The summed E-state index contributed by atoms with van der Waals surface area (Å²) in [4.78, 5) is 11.6. The van der Waals surface area contributed by atoms with Gasteiger partial charge in [-0.2, -0.15) is 0 Å². The van der Waals surface area contributed by atoms with E-state index in [-0.39, 0.29) is 11.7 Å². The molecule has 0 N–H and O–H groups in total. The minimum absolute atomic E-state index is 0.250.